The fourth-order valence-electron chi connectivity index (χ4n) is 2.29. The molecule has 0 radical (unpaired) electrons. The zero-order valence-corrected chi connectivity index (χ0v) is 12.1. The summed E-state index contributed by atoms with van der Waals surface area (Å²) < 4.78 is 0. The van der Waals surface area contributed by atoms with E-state index in [1.807, 2.05) is 6.92 Å². The summed E-state index contributed by atoms with van der Waals surface area (Å²) in [5, 5.41) is 15.1. The summed E-state index contributed by atoms with van der Waals surface area (Å²) in [4.78, 5) is 14.3. The molecule has 0 aromatic carbocycles. The van der Waals surface area contributed by atoms with Crippen molar-refractivity contribution in [2.75, 3.05) is 13.6 Å². The highest BCUT2D eigenvalue weighted by atomic mass is 16.2. The second-order valence-corrected chi connectivity index (χ2v) is 5.05. The van der Waals surface area contributed by atoms with Crippen molar-refractivity contribution >= 4 is 5.91 Å². The molecule has 1 aliphatic rings. The molecular weight excluding hydrogens is 240 g/mol. The first-order valence-electron chi connectivity index (χ1n) is 6.88. The van der Waals surface area contributed by atoms with Crippen molar-refractivity contribution < 1.29 is 4.79 Å². The highest BCUT2D eigenvalue weighted by Gasteiger charge is 2.35. The molecule has 19 heavy (non-hydrogen) atoms. The highest BCUT2D eigenvalue weighted by molar-refractivity contribution is 5.83. The number of hydrogen-bond donors (Lipinski definition) is 2. The standard InChI is InChI=1S/C14H24N4O/c1-5-10(2)13(17-11(3)16-4)14(19)18-8-6-7-12(18)9-15/h10,12-13,16-17H,3,5-8H2,1-2,4H3/t10?,12-,13-/m0/s1. The molecule has 0 bridgehead atoms. The fourth-order valence-corrected chi connectivity index (χ4v) is 2.29. The number of nitriles is 1. The average Bonchev–Trinajstić information content (AvgIpc) is 2.91. The molecule has 1 amide bonds. The minimum absolute atomic E-state index is 0.00907. The van der Waals surface area contributed by atoms with Crippen LogP contribution in [-0.4, -0.2) is 36.5 Å². The molecule has 0 aromatic rings. The lowest BCUT2D eigenvalue weighted by atomic mass is 9.97. The predicted octanol–water partition coefficient (Wildman–Crippen LogP) is 1.20. The van der Waals surface area contributed by atoms with Gasteiger partial charge < -0.3 is 15.5 Å². The minimum atomic E-state index is -0.320. The maximum absolute atomic E-state index is 12.6. The summed E-state index contributed by atoms with van der Waals surface area (Å²) in [6, 6.07) is 1.62. The van der Waals surface area contributed by atoms with Gasteiger partial charge in [0.05, 0.1) is 11.9 Å². The molecule has 3 atom stereocenters. The molecule has 1 saturated heterocycles. The van der Waals surface area contributed by atoms with E-state index in [-0.39, 0.29) is 23.9 Å². The average molecular weight is 264 g/mol. The van der Waals surface area contributed by atoms with Crippen LogP contribution >= 0.6 is 0 Å². The molecule has 5 heteroatoms. The van der Waals surface area contributed by atoms with Crippen LogP contribution in [0, 0.1) is 17.2 Å². The van der Waals surface area contributed by atoms with Crippen molar-refractivity contribution in [3.8, 4) is 6.07 Å². The first kappa shape index (κ1) is 15.4. The molecular formula is C14H24N4O. The number of carbonyl (C=O) groups is 1. The van der Waals surface area contributed by atoms with Crippen molar-refractivity contribution in [2.45, 2.75) is 45.2 Å². The number of carbonyl (C=O) groups excluding carboxylic acids is 1. The zero-order chi connectivity index (χ0) is 14.4. The van der Waals surface area contributed by atoms with Gasteiger partial charge >= 0.3 is 0 Å². The van der Waals surface area contributed by atoms with E-state index in [0.717, 1.165) is 19.3 Å². The Morgan fingerprint density at radius 1 is 1.63 bits per heavy atom. The number of hydrogen-bond acceptors (Lipinski definition) is 4. The van der Waals surface area contributed by atoms with Crippen molar-refractivity contribution in [2.24, 2.45) is 5.92 Å². The van der Waals surface area contributed by atoms with Crippen LogP contribution in [0.15, 0.2) is 12.4 Å². The lowest BCUT2D eigenvalue weighted by molar-refractivity contribution is -0.134. The van der Waals surface area contributed by atoms with Crippen molar-refractivity contribution in [1.82, 2.24) is 15.5 Å². The Kier molecular flexibility index (Phi) is 5.68. The van der Waals surface area contributed by atoms with E-state index in [1.165, 1.54) is 0 Å². The van der Waals surface area contributed by atoms with E-state index < -0.39 is 0 Å². The molecule has 1 fully saturated rings. The maximum Gasteiger partial charge on any atom is 0.246 e. The van der Waals surface area contributed by atoms with Gasteiger partial charge in [0.2, 0.25) is 5.91 Å². The Bertz CT molecular complexity index is 374. The van der Waals surface area contributed by atoms with E-state index in [4.69, 9.17) is 5.26 Å². The number of likely N-dealkylation sites (tertiary alicyclic amines) is 1. The maximum atomic E-state index is 12.6. The van der Waals surface area contributed by atoms with Gasteiger partial charge in [-0.05, 0) is 18.8 Å². The Balaban J connectivity index is 2.82. The van der Waals surface area contributed by atoms with E-state index in [1.54, 1.807) is 11.9 Å². The van der Waals surface area contributed by atoms with Crippen LogP contribution in [0.3, 0.4) is 0 Å². The van der Waals surface area contributed by atoms with Crippen LogP contribution < -0.4 is 10.6 Å². The molecule has 2 N–H and O–H groups in total. The molecule has 1 rings (SSSR count). The molecule has 1 unspecified atom stereocenters. The molecule has 1 aliphatic heterocycles. The quantitative estimate of drug-likeness (QED) is 0.756. The third-order valence-electron chi connectivity index (χ3n) is 3.80. The second kappa shape index (κ2) is 7.03. The summed E-state index contributed by atoms with van der Waals surface area (Å²) in [5.41, 5.74) is 0. The molecule has 0 aromatic heterocycles. The molecule has 5 nitrogen and oxygen atoms in total. The molecule has 106 valence electrons. The minimum Gasteiger partial charge on any atom is -0.375 e. The largest absolute Gasteiger partial charge is 0.375 e. The summed E-state index contributed by atoms with van der Waals surface area (Å²) in [5.74, 6) is 0.832. The summed E-state index contributed by atoms with van der Waals surface area (Å²) in [7, 11) is 1.77. The van der Waals surface area contributed by atoms with E-state index in [0.29, 0.717) is 12.4 Å². The molecule has 0 spiro atoms. The van der Waals surface area contributed by atoms with Crippen molar-refractivity contribution in [3.63, 3.8) is 0 Å². The first-order valence-corrected chi connectivity index (χ1v) is 6.88. The van der Waals surface area contributed by atoms with Crippen LogP contribution in [-0.2, 0) is 4.79 Å². The Morgan fingerprint density at radius 3 is 2.84 bits per heavy atom. The smallest absolute Gasteiger partial charge is 0.246 e. The Labute approximate surface area is 115 Å². The van der Waals surface area contributed by atoms with E-state index >= 15 is 0 Å². The number of nitrogens with zero attached hydrogens (tertiary/aromatic N) is 2. The molecule has 0 aliphatic carbocycles. The van der Waals surface area contributed by atoms with Crippen LogP contribution in [0.1, 0.15) is 33.1 Å². The molecule has 0 saturated carbocycles. The van der Waals surface area contributed by atoms with Gasteiger partial charge in [-0.3, -0.25) is 4.79 Å². The van der Waals surface area contributed by atoms with Gasteiger partial charge in [-0.25, -0.2) is 0 Å². The first-order chi connectivity index (χ1) is 9.04. The van der Waals surface area contributed by atoms with Gasteiger partial charge in [0.1, 0.15) is 12.1 Å². The fraction of sp³-hybridized carbons (Fsp3) is 0.714. The zero-order valence-electron chi connectivity index (χ0n) is 12.1. The topological polar surface area (TPSA) is 68.2 Å². The predicted molar refractivity (Wildman–Crippen MR) is 74.9 cm³/mol. The number of rotatable bonds is 6. The van der Waals surface area contributed by atoms with Gasteiger partial charge in [0.15, 0.2) is 0 Å². The van der Waals surface area contributed by atoms with Gasteiger partial charge in [-0.2, -0.15) is 5.26 Å². The van der Waals surface area contributed by atoms with Crippen LogP contribution in [0.25, 0.3) is 0 Å². The van der Waals surface area contributed by atoms with Crippen molar-refractivity contribution in [1.29, 1.82) is 5.26 Å². The summed E-state index contributed by atoms with van der Waals surface area (Å²) in [6.07, 6.45) is 2.58. The normalized spacial score (nSPS) is 21.4. The second-order valence-electron chi connectivity index (χ2n) is 5.05. The van der Waals surface area contributed by atoms with Crippen molar-refractivity contribution in [3.05, 3.63) is 12.4 Å². The third-order valence-corrected chi connectivity index (χ3v) is 3.80. The third kappa shape index (κ3) is 3.63. The van der Waals surface area contributed by atoms with E-state index in [2.05, 4.69) is 30.2 Å². The Morgan fingerprint density at radius 2 is 2.32 bits per heavy atom. The van der Waals surface area contributed by atoms with E-state index in [9.17, 15) is 4.79 Å². The SMILES string of the molecule is C=C(NC)N[C@H](C(=O)N1CCC[C@H]1C#N)C(C)CC. The van der Waals surface area contributed by atoms with Crippen LogP contribution in [0.5, 0.6) is 0 Å². The summed E-state index contributed by atoms with van der Waals surface area (Å²) in [6.45, 7) is 8.59. The lowest BCUT2D eigenvalue weighted by Crippen LogP contribution is -2.51. The lowest BCUT2D eigenvalue weighted by Gasteiger charge is -2.30. The highest BCUT2D eigenvalue weighted by Crippen LogP contribution is 2.20. The van der Waals surface area contributed by atoms with Crippen LogP contribution in [0.2, 0.25) is 0 Å². The number of amides is 1. The van der Waals surface area contributed by atoms with Gasteiger partial charge in [0.25, 0.3) is 0 Å². The van der Waals surface area contributed by atoms with Gasteiger partial charge in [0, 0.05) is 13.6 Å². The van der Waals surface area contributed by atoms with Gasteiger partial charge in [-0.15, -0.1) is 0 Å². The molecule has 1 heterocycles. The monoisotopic (exact) mass is 264 g/mol. The van der Waals surface area contributed by atoms with Crippen LogP contribution in [0.4, 0.5) is 0 Å². The Hall–Kier alpha value is -1.70. The van der Waals surface area contributed by atoms with Gasteiger partial charge in [-0.1, -0.05) is 26.8 Å². The number of nitrogens with one attached hydrogen (secondary N) is 2. The summed E-state index contributed by atoms with van der Waals surface area (Å²) >= 11 is 0.